The lowest BCUT2D eigenvalue weighted by atomic mass is 10.5. The van der Waals surface area contributed by atoms with Crippen LogP contribution in [0, 0.1) is 0 Å². The molecule has 16 heteroatoms. The zero-order valence-electron chi connectivity index (χ0n) is 12.7. The monoisotopic (exact) mass is 400 g/mol. The van der Waals surface area contributed by atoms with Crippen molar-refractivity contribution >= 4 is 31.8 Å². The van der Waals surface area contributed by atoms with Crippen LogP contribution in [0.25, 0.3) is 11.2 Å². The van der Waals surface area contributed by atoms with Crippen LogP contribution in [-0.2, 0) is 27.2 Å². The molecule has 0 radical (unpaired) electrons. The second kappa shape index (κ2) is 5.83. The van der Waals surface area contributed by atoms with Crippen molar-refractivity contribution in [3.8, 4) is 0 Å². The van der Waals surface area contributed by atoms with E-state index >= 15 is 0 Å². The smallest absolute Gasteiger partial charge is 0.369 e. The molecule has 0 saturated heterocycles. The van der Waals surface area contributed by atoms with Gasteiger partial charge in [-0.2, -0.15) is 20.8 Å². The summed E-state index contributed by atoms with van der Waals surface area (Å²) in [5, 5.41) is 0. The number of hydrogen-bond acceptors (Lipinski definition) is 8. The van der Waals surface area contributed by atoms with E-state index in [2.05, 4.69) is 0 Å². The highest BCUT2D eigenvalue weighted by molar-refractivity contribution is 7.85. The van der Waals surface area contributed by atoms with Gasteiger partial charge in [0.25, 0.3) is 5.56 Å². The summed E-state index contributed by atoms with van der Waals surface area (Å²) in [4.78, 5) is 41.6. The lowest BCUT2D eigenvalue weighted by Crippen LogP contribution is -2.43. The first-order valence-electron chi connectivity index (χ1n) is 6.50. The maximum Gasteiger partial charge on any atom is 0.369 e. The van der Waals surface area contributed by atoms with Crippen LogP contribution in [0.1, 0.15) is 13.8 Å². The normalized spacial score (nSPS) is 12.6. The van der Waals surface area contributed by atoms with Gasteiger partial charge in [-0.15, -0.1) is 8.70 Å². The van der Waals surface area contributed by atoms with Crippen LogP contribution in [0.4, 0.5) is 0 Å². The number of hydrogen-bond donors (Lipinski definition) is 2. The second-order valence-corrected chi connectivity index (χ2v) is 7.00. The first-order chi connectivity index (χ1) is 11.4. The minimum Gasteiger partial charge on any atom is -0.408 e. The van der Waals surface area contributed by atoms with E-state index in [4.69, 9.17) is 4.84 Å². The van der Waals surface area contributed by atoms with Gasteiger partial charge in [0.05, 0.1) is 0 Å². The largest absolute Gasteiger partial charge is 0.408 e. The average molecular weight is 400 g/mol. The maximum absolute atomic E-state index is 12.4. The van der Waals surface area contributed by atoms with E-state index in [0.29, 0.717) is 4.57 Å². The van der Waals surface area contributed by atoms with E-state index in [1.54, 1.807) is 0 Å². The van der Waals surface area contributed by atoms with Gasteiger partial charge in [0.1, 0.15) is 6.61 Å². The zero-order valence-corrected chi connectivity index (χ0v) is 14.3. The Morgan fingerprint density at radius 2 is 1.44 bits per heavy atom. The summed E-state index contributed by atoms with van der Waals surface area (Å²) in [6.45, 7) is 2.15. The highest BCUT2D eigenvalue weighted by Crippen LogP contribution is 2.10. The predicted molar refractivity (Wildman–Crippen MR) is 81.4 cm³/mol. The van der Waals surface area contributed by atoms with Crippen LogP contribution in [0.3, 0.4) is 0 Å². The van der Waals surface area contributed by atoms with E-state index in [1.807, 2.05) is 0 Å². The molecule has 140 valence electrons. The summed E-state index contributed by atoms with van der Waals surface area (Å²) in [5.41, 5.74) is -7.01. The van der Waals surface area contributed by atoms with Gasteiger partial charge in [0, 0.05) is 6.54 Å². The molecule has 0 amide bonds. The summed E-state index contributed by atoms with van der Waals surface area (Å²) in [7, 11) is -10.9. The molecule has 0 aromatic carbocycles. The molecule has 0 bridgehead atoms. The van der Waals surface area contributed by atoms with E-state index in [9.17, 15) is 40.3 Å². The first kappa shape index (κ1) is 18.9. The van der Waals surface area contributed by atoms with Crippen molar-refractivity contribution in [1.29, 1.82) is 0 Å². The first-order valence-corrected chi connectivity index (χ1v) is 9.29. The van der Waals surface area contributed by atoms with Gasteiger partial charge in [-0.05, 0) is 13.8 Å². The third kappa shape index (κ3) is 2.77. The Kier molecular flexibility index (Phi) is 4.41. The van der Waals surface area contributed by atoms with Gasteiger partial charge in [0.15, 0.2) is 5.52 Å². The molecule has 0 unspecified atom stereocenters. The minimum absolute atomic E-state index is 0.164. The fourth-order valence-electron chi connectivity index (χ4n) is 2.18. The topological polar surface area (TPSA) is 189 Å². The van der Waals surface area contributed by atoms with Gasteiger partial charge in [-0.25, -0.2) is 9.59 Å². The van der Waals surface area contributed by atoms with Crippen LogP contribution >= 0.6 is 0 Å². The Bertz CT molecular complexity index is 1240. The summed E-state index contributed by atoms with van der Waals surface area (Å²) >= 11 is 0. The Hall–Kier alpha value is -2.43. The minimum atomic E-state index is -5.47. The zero-order chi connectivity index (χ0) is 19.3. The van der Waals surface area contributed by atoms with Crippen molar-refractivity contribution in [3.05, 3.63) is 31.3 Å². The highest BCUT2D eigenvalue weighted by Gasteiger charge is 2.33. The fourth-order valence-corrected chi connectivity index (χ4v) is 3.56. The van der Waals surface area contributed by atoms with Crippen molar-refractivity contribution in [2.24, 2.45) is 0 Å². The van der Waals surface area contributed by atoms with Crippen LogP contribution < -0.4 is 21.8 Å². The number of aromatic nitrogens is 4. The molecule has 0 saturated carbocycles. The van der Waals surface area contributed by atoms with Crippen molar-refractivity contribution in [1.82, 2.24) is 17.2 Å². The molecular weight excluding hydrogens is 388 g/mol. The summed E-state index contributed by atoms with van der Waals surface area (Å²) in [5.74, 6) is 0. The third-order valence-corrected chi connectivity index (χ3v) is 4.63. The van der Waals surface area contributed by atoms with Crippen molar-refractivity contribution in [3.63, 3.8) is 0 Å². The molecule has 2 aromatic heterocycles. The molecule has 2 heterocycles. The summed E-state index contributed by atoms with van der Waals surface area (Å²) < 4.78 is 63.8. The molecule has 2 N–H and O–H groups in total. The second-order valence-electron chi connectivity index (χ2n) is 4.48. The number of rotatable bonds is 5. The Morgan fingerprint density at radius 1 is 0.920 bits per heavy atom. The molecule has 0 fully saturated rings. The van der Waals surface area contributed by atoms with Gasteiger partial charge in [-0.1, -0.05) is 0 Å². The Balaban J connectivity index is 3.46. The maximum atomic E-state index is 12.4. The molecule has 0 aliphatic rings. The van der Waals surface area contributed by atoms with Gasteiger partial charge >= 0.3 is 32.0 Å². The standard InChI is InChI=1S/C9H12N4O10S2/c1-3-10-7(14)5-6(11(8(10)15)23-4-2)13(25(20,21)22)9(16)12(5)24(17,18)19/h3-4H2,1-2H3,(H,17,18,19)(H,20,21,22). The molecule has 0 atom stereocenters. The van der Waals surface area contributed by atoms with Crippen LogP contribution in [0.5, 0.6) is 0 Å². The van der Waals surface area contributed by atoms with Crippen molar-refractivity contribution in [2.75, 3.05) is 6.61 Å². The van der Waals surface area contributed by atoms with Crippen LogP contribution in [0.2, 0.25) is 0 Å². The van der Waals surface area contributed by atoms with E-state index in [-0.39, 0.29) is 17.9 Å². The number of nitrogens with zero attached hydrogens (tertiary/aromatic N) is 4. The third-order valence-electron chi connectivity index (χ3n) is 3.04. The molecule has 0 aliphatic heterocycles. The molecule has 0 spiro atoms. The van der Waals surface area contributed by atoms with E-state index in [1.165, 1.54) is 13.8 Å². The number of imidazole rings is 1. The van der Waals surface area contributed by atoms with Gasteiger partial charge in [-0.3, -0.25) is 18.5 Å². The van der Waals surface area contributed by atoms with Crippen LogP contribution in [-0.4, -0.2) is 49.8 Å². The SMILES string of the molecule is CCOn1c(=O)n(CC)c(=O)c2c1n(S(=O)(=O)O)c(=O)n2S(=O)(=O)O. The molecule has 14 nitrogen and oxygen atoms in total. The summed E-state index contributed by atoms with van der Waals surface area (Å²) in [6, 6.07) is 0. The molecular formula is C9H12N4O10S2. The Labute approximate surface area is 138 Å². The molecule has 2 rings (SSSR count). The fraction of sp³-hybridized carbons (Fsp3) is 0.444. The molecule has 25 heavy (non-hydrogen) atoms. The quantitative estimate of drug-likeness (QED) is 0.486. The lowest BCUT2D eigenvalue weighted by Gasteiger charge is -2.11. The average Bonchev–Trinajstić information content (AvgIpc) is 2.77. The predicted octanol–water partition coefficient (Wildman–Crippen LogP) is -3.10. The Morgan fingerprint density at radius 3 is 1.84 bits per heavy atom. The van der Waals surface area contributed by atoms with Gasteiger partial charge < -0.3 is 4.84 Å². The molecule has 0 aliphatic carbocycles. The van der Waals surface area contributed by atoms with E-state index in [0.717, 1.165) is 0 Å². The molecule has 2 aromatic rings. The number of fused-ring (bicyclic) bond motifs is 1. The van der Waals surface area contributed by atoms with Crippen molar-refractivity contribution < 1.29 is 30.8 Å². The lowest BCUT2D eigenvalue weighted by molar-refractivity contribution is 0.114. The highest BCUT2D eigenvalue weighted by atomic mass is 32.2. The van der Waals surface area contributed by atoms with Crippen LogP contribution in [0.15, 0.2) is 14.4 Å². The van der Waals surface area contributed by atoms with Gasteiger partial charge in [0.2, 0.25) is 5.65 Å². The van der Waals surface area contributed by atoms with E-state index < -0.39 is 56.7 Å². The van der Waals surface area contributed by atoms with Crippen molar-refractivity contribution in [2.45, 2.75) is 20.4 Å². The summed E-state index contributed by atoms with van der Waals surface area (Å²) in [6.07, 6.45) is 0.